The number of fused-ring (bicyclic) bond motifs is 1. The van der Waals surface area contributed by atoms with Gasteiger partial charge >= 0.3 is 0 Å². The highest BCUT2D eigenvalue weighted by Crippen LogP contribution is 2.42. The topological polar surface area (TPSA) is 116 Å². The maximum Gasteiger partial charge on any atom is 0.202 e. The molecule has 0 amide bonds. The van der Waals surface area contributed by atoms with E-state index in [9.17, 15) is 25.2 Å². The van der Waals surface area contributed by atoms with Crippen molar-refractivity contribution in [1.29, 1.82) is 0 Å². The number of rotatable bonds is 2. The number of hydrogen-bond acceptors (Lipinski definition) is 7. The first-order chi connectivity index (χ1) is 10.9. The van der Waals surface area contributed by atoms with Crippen LogP contribution in [-0.2, 0) is 0 Å². The molecular weight excluding hydrogens is 304 g/mol. The second kappa shape index (κ2) is 5.36. The molecule has 0 saturated heterocycles. The number of ether oxygens (including phenoxy) is 2. The minimum absolute atomic E-state index is 0.0646. The van der Waals surface area contributed by atoms with E-state index < -0.39 is 23.7 Å². The number of carbonyl (C=O) groups is 1. The molecule has 1 heterocycles. The monoisotopic (exact) mass is 318 g/mol. The van der Waals surface area contributed by atoms with Crippen LogP contribution in [0.1, 0.15) is 22.0 Å². The summed E-state index contributed by atoms with van der Waals surface area (Å²) in [4.78, 5) is 12.3. The second-order valence-electron chi connectivity index (χ2n) is 5.12. The Kier molecular flexibility index (Phi) is 3.49. The van der Waals surface area contributed by atoms with Crippen LogP contribution in [0.2, 0.25) is 0 Å². The summed E-state index contributed by atoms with van der Waals surface area (Å²) in [6, 6.07) is 6.51. The highest BCUT2D eigenvalue weighted by Gasteiger charge is 2.39. The zero-order valence-electron chi connectivity index (χ0n) is 12.1. The maximum absolute atomic E-state index is 12.3. The average Bonchev–Trinajstić information content (AvgIpc) is 2.52. The van der Waals surface area contributed by atoms with Crippen molar-refractivity contribution in [3.05, 3.63) is 41.5 Å². The average molecular weight is 318 g/mol. The van der Waals surface area contributed by atoms with Gasteiger partial charge in [-0.2, -0.15) is 0 Å². The Morgan fingerprint density at radius 2 is 1.78 bits per heavy atom. The summed E-state index contributed by atoms with van der Waals surface area (Å²) < 4.78 is 10.6. The Morgan fingerprint density at radius 1 is 1.04 bits per heavy atom. The van der Waals surface area contributed by atoms with Gasteiger partial charge in [0.05, 0.1) is 7.11 Å². The highest BCUT2D eigenvalue weighted by atomic mass is 16.5. The minimum atomic E-state index is -1.56. The zero-order chi connectivity index (χ0) is 16.7. The van der Waals surface area contributed by atoms with Crippen molar-refractivity contribution in [3.8, 4) is 28.7 Å². The second-order valence-corrected chi connectivity index (χ2v) is 5.12. The van der Waals surface area contributed by atoms with Crippen molar-refractivity contribution in [2.24, 2.45) is 0 Å². The molecule has 0 fully saturated rings. The summed E-state index contributed by atoms with van der Waals surface area (Å²) in [5.74, 6) is -1.43. The van der Waals surface area contributed by atoms with E-state index in [1.54, 1.807) is 0 Å². The molecule has 4 N–H and O–H groups in total. The smallest absolute Gasteiger partial charge is 0.202 e. The van der Waals surface area contributed by atoms with Gasteiger partial charge in [0.25, 0.3) is 0 Å². The molecule has 0 spiro atoms. The summed E-state index contributed by atoms with van der Waals surface area (Å²) in [5.41, 5.74) is 0.173. The molecule has 7 heteroatoms. The lowest BCUT2D eigenvalue weighted by Gasteiger charge is -2.30. The van der Waals surface area contributed by atoms with Crippen LogP contribution in [0.5, 0.6) is 28.7 Å². The van der Waals surface area contributed by atoms with Gasteiger partial charge in [-0.25, -0.2) is 0 Å². The highest BCUT2D eigenvalue weighted by molar-refractivity contribution is 6.05. The Balaban J connectivity index is 2.08. The van der Waals surface area contributed by atoms with E-state index in [1.807, 2.05) is 0 Å². The van der Waals surface area contributed by atoms with Gasteiger partial charge in [-0.15, -0.1) is 0 Å². The van der Waals surface area contributed by atoms with E-state index in [2.05, 4.69) is 0 Å². The molecule has 1 aliphatic heterocycles. The van der Waals surface area contributed by atoms with Crippen molar-refractivity contribution < 1.29 is 34.7 Å². The summed E-state index contributed by atoms with van der Waals surface area (Å²) >= 11 is 0. The number of Topliss-reactive ketones (excluding diaryl/α,β-unsaturated/α-hetero) is 1. The van der Waals surface area contributed by atoms with Crippen LogP contribution >= 0.6 is 0 Å². The predicted molar refractivity (Wildman–Crippen MR) is 78.1 cm³/mol. The molecule has 0 radical (unpaired) electrons. The molecule has 120 valence electrons. The summed E-state index contributed by atoms with van der Waals surface area (Å²) in [6.07, 6.45) is -2.65. The third-order valence-corrected chi connectivity index (χ3v) is 3.67. The third kappa shape index (κ3) is 2.40. The fraction of sp³-hybridized carbons (Fsp3) is 0.188. The number of phenolic OH excluding ortho intramolecular Hbond substituents is 3. The van der Waals surface area contributed by atoms with Gasteiger partial charge in [0, 0.05) is 12.1 Å². The standard InChI is InChI=1S/C16H14O7/c1-22-8-5-11(19)13-12(6-8)23-16(15(21)14(13)20)7-2-3-9(17)10(18)4-7/h2-6,15-19,21H,1H3/t15-,16-/m0/s1. The molecule has 0 aromatic heterocycles. The SMILES string of the molecule is COc1cc(O)c2c(c1)O[C@@H](c1ccc(O)c(O)c1)[C@@H](O)C2=O. The molecule has 0 aliphatic carbocycles. The van der Waals surface area contributed by atoms with Crippen LogP contribution in [-0.4, -0.2) is 39.4 Å². The normalized spacial score (nSPS) is 19.8. The molecule has 2 aromatic carbocycles. The molecule has 23 heavy (non-hydrogen) atoms. The molecular formula is C16H14O7. The molecule has 0 bridgehead atoms. The van der Waals surface area contributed by atoms with Crippen molar-refractivity contribution >= 4 is 5.78 Å². The van der Waals surface area contributed by atoms with Gasteiger partial charge in [0.2, 0.25) is 5.78 Å². The number of carbonyl (C=O) groups excluding carboxylic acids is 1. The van der Waals surface area contributed by atoms with Gasteiger partial charge in [0.1, 0.15) is 22.8 Å². The lowest BCUT2D eigenvalue weighted by molar-refractivity contribution is 0.0210. The molecule has 0 saturated carbocycles. The Hall–Kier alpha value is -2.93. The lowest BCUT2D eigenvalue weighted by Crippen LogP contribution is -2.36. The van der Waals surface area contributed by atoms with Crippen molar-refractivity contribution in [3.63, 3.8) is 0 Å². The lowest BCUT2D eigenvalue weighted by atomic mass is 9.92. The van der Waals surface area contributed by atoms with Crippen LogP contribution in [0.3, 0.4) is 0 Å². The number of ketones is 1. The number of aromatic hydroxyl groups is 3. The van der Waals surface area contributed by atoms with E-state index in [1.165, 1.54) is 37.4 Å². The minimum Gasteiger partial charge on any atom is -0.507 e. The molecule has 2 atom stereocenters. The number of aliphatic hydroxyl groups is 1. The number of aliphatic hydroxyl groups excluding tert-OH is 1. The van der Waals surface area contributed by atoms with Gasteiger partial charge in [0.15, 0.2) is 23.7 Å². The molecule has 1 aliphatic rings. The Bertz CT molecular complexity index is 784. The van der Waals surface area contributed by atoms with Crippen LogP contribution < -0.4 is 9.47 Å². The van der Waals surface area contributed by atoms with E-state index in [0.29, 0.717) is 5.56 Å². The fourth-order valence-electron chi connectivity index (χ4n) is 2.49. The fourth-order valence-corrected chi connectivity index (χ4v) is 2.49. The first-order valence-corrected chi connectivity index (χ1v) is 6.74. The van der Waals surface area contributed by atoms with Crippen LogP contribution in [0, 0.1) is 0 Å². The van der Waals surface area contributed by atoms with Crippen molar-refractivity contribution in [1.82, 2.24) is 0 Å². The van der Waals surface area contributed by atoms with E-state index >= 15 is 0 Å². The summed E-state index contributed by atoms with van der Waals surface area (Å²) in [5, 5.41) is 39.0. The van der Waals surface area contributed by atoms with Gasteiger partial charge < -0.3 is 29.9 Å². The van der Waals surface area contributed by atoms with Crippen molar-refractivity contribution in [2.75, 3.05) is 7.11 Å². The molecule has 2 aromatic rings. The van der Waals surface area contributed by atoms with Crippen LogP contribution in [0.4, 0.5) is 0 Å². The third-order valence-electron chi connectivity index (χ3n) is 3.67. The Labute approximate surface area is 131 Å². The maximum atomic E-state index is 12.3. The predicted octanol–water partition coefficient (Wildman–Crippen LogP) is 1.49. The van der Waals surface area contributed by atoms with Gasteiger partial charge in [-0.1, -0.05) is 6.07 Å². The number of benzene rings is 2. The summed E-state index contributed by atoms with van der Waals surface area (Å²) in [6.45, 7) is 0. The molecule has 3 rings (SSSR count). The quantitative estimate of drug-likeness (QED) is 0.620. The van der Waals surface area contributed by atoms with Crippen LogP contribution in [0.15, 0.2) is 30.3 Å². The summed E-state index contributed by atoms with van der Waals surface area (Å²) in [7, 11) is 1.40. The largest absolute Gasteiger partial charge is 0.507 e. The first kappa shape index (κ1) is 15.0. The van der Waals surface area contributed by atoms with Crippen molar-refractivity contribution in [2.45, 2.75) is 12.2 Å². The van der Waals surface area contributed by atoms with Gasteiger partial charge in [-0.3, -0.25) is 4.79 Å². The molecule has 0 unspecified atom stereocenters. The number of phenols is 3. The number of methoxy groups -OCH3 is 1. The number of hydrogen-bond donors (Lipinski definition) is 4. The van der Waals surface area contributed by atoms with E-state index in [0.717, 1.165) is 0 Å². The first-order valence-electron chi connectivity index (χ1n) is 6.74. The van der Waals surface area contributed by atoms with E-state index in [4.69, 9.17) is 9.47 Å². The van der Waals surface area contributed by atoms with Gasteiger partial charge in [-0.05, 0) is 17.7 Å². The van der Waals surface area contributed by atoms with E-state index in [-0.39, 0.29) is 28.6 Å². The van der Waals surface area contributed by atoms with Crippen LogP contribution in [0.25, 0.3) is 0 Å². The Morgan fingerprint density at radius 3 is 2.43 bits per heavy atom. The molecule has 7 nitrogen and oxygen atoms in total. The zero-order valence-corrected chi connectivity index (χ0v) is 12.1.